The number of rotatable bonds is 5. The average Bonchev–Trinajstić information content (AvgIpc) is 3.09. The lowest BCUT2D eigenvalue weighted by Crippen LogP contribution is -2.35. The minimum Gasteiger partial charge on any atom is -0.305 e. The molecule has 9 heteroatoms. The number of nitro groups is 1. The molecular weight excluding hydrogens is 430 g/mol. The van der Waals surface area contributed by atoms with E-state index in [9.17, 15) is 23.3 Å². The Kier molecular flexibility index (Phi) is 5.43. The molecule has 1 atom stereocenters. The van der Waals surface area contributed by atoms with Crippen molar-refractivity contribution in [3.8, 4) is 0 Å². The fourth-order valence-electron chi connectivity index (χ4n) is 3.86. The number of amides is 1. The monoisotopic (exact) mass is 451 g/mol. The Bertz CT molecular complexity index is 1320. The molecule has 3 aromatic carbocycles. The van der Waals surface area contributed by atoms with E-state index in [1.54, 1.807) is 17.0 Å². The molecule has 0 saturated carbocycles. The Hall–Kier alpha value is -3.72. The molecule has 0 bridgehead atoms. The molecule has 1 aliphatic rings. The molecule has 0 aliphatic carbocycles. The number of sulfonamides is 1. The number of benzene rings is 3. The second kappa shape index (κ2) is 8.08. The van der Waals surface area contributed by atoms with Gasteiger partial charge in [-0.15, -0.1) is 0 Å². The van der Waals surface area contributed by atoms with Crippen LogP contribution in [0.4, 0.5) is 17.1 Å². The highest BCUT2D eigenvalue weighted by Gasteiger charge is 2.31. The molecule has 0 radical (unpaired) electrons. The number of fused-ring (bicyclic) bond motifs is 1. The van der Waals surface area contributed by atoms with Crippen molar-refractivity contribution in [1.29, 1.82) is 0 Å². The minimum atomic E-state index is -4.03. The van der Waals surface area contributed by atoms with Crippen LogP contribution in [0.5, 0.6) is 0 Å². The normalized spacial score (nSPS) is 15.3. The number of nitrogens with one attached hydrogen (secondary N) is 1. The van der Waals surface area contributed by atoms with Crippen LogP contribution in [-0.2, 0) is 16.4 Å². The van der Waals surface area contributed by atoms with Crippen molar-refractivity contribution in [2.24, 2.45) is 0 Å². The van der Waals surface area contributed by atoms with Crippen molar-refractivity contribution >= 4 is 33.0 Å². The molecule has 3 aromatic rings. The first kappa shape index (κ1) is 21.5. The van der Waals surface area contributed by atoms with E-state index in [-0.39, 0.29) is 28.2 Å². The molecule has 8 nitrogen and oxygen atoms in total. The lowest BCUT2D eigenvalue weighted by molar-refractivity contribution is -0.385. The van der Waals surface area contributed by atoms with E-state index in [1.807, 2.05) is 31.2 Å². The molecule has 0 aromatic heterocycles. The zero-order chi connectivity index (χ0) is 23.0. The van der Waals surface area contributed by atoms with Crippen molar-refractivity contribution in [1.82, 2.24) is 0 Å². The van der Waals surface area contributed by atoms with Crippen LogP contribution in [0, 0.1) is 17.0 Å². The third-order valence-electron chi connectivity index (χ3n) is 5.50. The number of para-hydroxylation sites is 1. The molecule has 0 fully saturated rings. The van der Waals surface area contributed by atoms with Crippen LogP contribution in [0.25, 0.3) is 0 Å². The van der Waals surface area contributed by atoms with E-state index in [1.165, 1.54) is 31.2 Å². The fourth-order valence-corrected chi connectivity index (χ4v) is 4.94. The highest BCUT2D eigenvalue weighted by atomic mass is 32.2. The summed E-state index contributed by atoms with van der Waals surface area (Å²) >= 11 is 0. The van der Waals surface area contributed by atoms with Gasteiger partial charge in [-0.25, -0.2) is 8.42 Å². The topological polar surface area (TPSA) is 110 Å². The summed E-state index contributed by atoms with van der Waals surface area (Å²) in [5.41, 5.74) is 2.78. The van der Waals surface area contributed by atoms with Gasteiger partial charge in [0.15, 0.2) is 0 Å². The predicted octanol–water partition coefficient (Wildman–Crippen LogP) is 4.30. The molecule has 0 saturated heterocycles. The van der Waals surface area contributed by atoms with Gasteiger partial charge in [0.1, 0.15) is 0 Å². The molecule has 32 heavy (non-hydrogen) atoms. The van der Waals surface area contributed by atoms with Gasteiger partial charge in [-0.2, -0.15) is 0 Å². The summed E-state index contributed by atoms with van der Waals surface area (Å²) in [6.45, 7) is 3.53. The molecule has 1 amide bonds. The van der Waals surface area contributed by atoms with Crippen LogP contribution in [-0.4, -0.2) is 25.3 Å². The maximum absolute atomic E-state index is 13.1. The highest BCUT2D eigenvalue weighted by Crippen LogP contribution is 2.33. The summed E-state index contributed by atoms with van der Waals surface area (Å²) in [4.78, 5) is 25.1. The largest absolute Gasteiger partial charge is 0.305 e. The Labute approximate surface area is 185 Å². The zero-order valence-corrected chi connectivity index (χ0v) is 18.3. The van der Waals surface area contributed by atoms with E-state index < -0.39 is 14.9 Å². The van der Waals surface area contributed by atoms with Crippen LogP contribution < -0.4 is 9.62 Å². The summed E-state index contributed by atoms with van der Waals surface area (Å²) in [5, 5.41) is 11.1. The van der Waals surface area contributed by atoms with Crippen molar-refractivity contribution in [2.45, 2.75) is 31.2 Å². The summed E-state index contributed by atoms with van der Waals surface area (Å²) < 4.78 is 27.8. The lowest BCUT2D eigenvalue weighted by atomic mass is 10.1. The molecule has 1 N–H and O–H groups in total. The minimum absolute atomic E-state index is 0.0235. The standard InChI is InChI=1S/C23H21N3O5S/c1-15-7-12-20(14-22(15)26(28)29)32(30,31)24-19-10-8-17(9-11-19)23(27)25-16(2)13-18-5-3-4-6-21(18)25/h3-12,14,16,24H,13H2,1-2H3. The first-order valence-electron chi connectivity index (χ1n) is 9.97. The number of carbonyl (C=O) groups is 1. The van der Waals surface area contributed by atoms with Crippen molar-refractivity contribution < 1.29 is 18.1 Å². The SMILES string of the molecule is Cc1ccc(S(=O)(=O)Nc2ccc(C(=O)N3c4ccccc4CC3C)cc2)cc1[N+](=O)[O-]. The van der Waals surface area contributed by atoms with Crippen molar-refractivity contribution in [3.63, 3.8) is 0 Å². The first-order valence-corrected chi connectivity index (χ1v) is 11.4. The molecule has 0 spiro atoms. The molecule has 1 aliphatic heterocycles. The van der Waals surface area contributed by atoms with Crippen LogP contribution in [0.15, 0.2) is 71.6 Å². The second-order valence-corrected chi connectivity index (χ2v) is 9.43. The second-order valence-electron chi connectivity index (χ2n) is 7.75. The number of nitrogens with zero attached hydrogens (tertiary/aromatic N) is 2. The van der Waals surface area contributed by atoms with Gasteiger partial charge < -0.3 is 4.90 Å². The smallest absolute Gasteiger partial charge is 0.273 e. The number of nitro benzene ring substituents is 1. The summed E-state index contributed by atoms with van der Waals surface area (Å²) in [6, 6.07) is 17.6. The van der Waals surface area contributed by atoms with Crippen molar-refractivity contribution in [3.05, 3.63) is 93.5 Å². The van der Waals surface area contributed by atoms with Gasteiger partial charge in [0.25, 0.3) is 21.6 Å². The number of anilines is 2. The van der Waals surface area contributed by atoms with Gasteiger partial charge in [-0.05, 0) is 62.2 Å². The maximum Gasteiger partial charge on any atom is 0.273 e. The van der Waals surface area contributed by atoms with Gasteiger partial charge in [0.2, 0.25) is 0 Å². The predicted molar refractivity (Wildman–Crippen MR) is 122 cm³/mol. The van der Waals surface area contributed by atoms with Gasteiger partial charge in [0.05, 0.1) is 9.82 Å². The van der Waals surface area contributed by atoms with Crippen LogP contribution in [0.2, 0.25) is 0 Å². The summed E-state index contributed by atoms with van der Waals surface area (Å²) in [5.74, 6) is -0.161. The van der Waals surface area contributed by atoms with E-state index in [0.717, 1.165) is 23.7 Å². The molecular formula is C23H21N3O5S. The third kappa shape index (κ3) is 3.94. The molecule has 164 valence electrons. The molecule has 4 rings (SSSR count). The van der Waals surface area contributed by atoms with E-state index in [0.29, 0.717) is 11.1 Å². The number of carbonyl (C=O) groups excluding carboxylic acids is 1. The maximum atomic E-state index is 13.1. The Morgan fingerprint density at radius 1 is 1.09 bits per heavy atom. The Morgan fingerprint density at radius 3 is 2.47 bits per heavy atom. The van der Waals surface area contributed by atoms with Gasteiger partial charge in [0, 0.05) is 34.6 Å². The molecule has 1 heterocycles. The highest BCUT2D eigenvalue weighted by molar-refractivity contribution is 7.92. The van der Waals surface area contributed by atoms with Crippen LogP contribution in [0.1, 0.15) is 28.4 Å². The van der Waals surface area contributed by atoms with Crippen LogP contribution in [0.3, 0.4) is 0 Å². The van der Waals surface area contributed by atoms with E-state index >= 15 is 0 Å². The fraction of sp³-hybridized carbons (Fsp3) is 0.174. The van der Waals surface area contributed by atoms with Gasteiger partial charge >= 0.3 is 0 Å². The molecule has 1 unspecified atom stereocenters. The number of aryl methyl sites for hydroxylation is 1. The Balaban J connectivity index is 1.55. The number of hydrogen-bond acceptors (Lipinski definition) is 5. The van der Waals surface area contributed by atoms with Gasteiger partial charge in [-0.3, -0.25) is 19.6 Å². The lowest BCUT2D eigenvalue weighted by Gasteiger charge is -2.23. The van der Waals surface area contributed by atoms with Gasteiger partial charge in [-0.1, -0.05) is 24.3 Å². The number of hydrogen-bond donors (Lipinski definition) is 1. The quantitative estimate of drug-likeness (QED) is 0.460. The zero-order valence-electron chi connectivity index (χ0n) is 17.5. The van der Waals surface area contributed by atoms with E-state index in [4.69, 9.17) is 0 Å². The van der Waals surface area contributed by atoms with Crippen molar-refractivity contribution in [2.75, 3.05) is 9.62 Å². The van der Waals surface area contributed by atoms with Crippen LogP contribution >= 0.6 is 0 Å². The summed E-state index contributed by atoms with van der Waals surface area (Å²) in [6.07, 6.45) is 0.780. The first-order chi connectivity index (χ1) is 15.2. The Morgan fingerprint density at radius 2 is 1.78 bits per heavy atom. The average molecular weight is 452 g/mol. The van der Waals surface area contributed by atoms with E-state index in [2.05, 4.69) is 4.72 Å². The summed E-state index contributed by atoms with van der Waals surface area (Å²) in [7, 11) is -4.03. The third-order valence-corrected chi connectivity index (χ3v) is 6.88.